The molecule has 6 nitrogen and oxygen atoms in total. The molecule has 0 amide bonds. The third kappa shape index (κ3) is 5.23. The lowest BCUT2D eigenvalue weighted by molar-refractivity contribution is 0.287. The van der Waals surface area contributed by atoms with Crippen LogP contribution < -0.4 is 19.9 Å². The average molecular weight is 512 g/mol. The Labute approximate surface area is 215 Å². The molecule has 9 heteroatoms. The van der Waals surface area contributed by atoms with Gasteiger partial charge in [0.15, 0.2) is 17.4 Å². The van der Waals surface area contributed by atoms with Crippen LogP contribution in [0.5, 0.6) is 5.75 Å². The van der Waals surface area contributed by atoms with Gasteiger partial charge in [0.2, 0.25) is 0 Å². The molecule has 0 saturated carbocycles. The maximum absolute atomic E-state index is 15.1. The molecule has 1 saturated heterocycles. The highest BCUT2D eigenvalue weighted by molar-refractivity contribution is 5.72. The molecule has 1 fully saturated rings. The van der Waals surface area contributed by atoms with Crippen molar-refractivity contribution < 1.29 is 17.9 Å². The molecule has 2 unspecified atom stereocenters. The van der Waals surface area contributed by atoms with Gasteiger partial charge in [0, 0.05) is 43.2 Å². The monoisotopic (exact) mass is 511 g/mol. The van der Waals surface area contributed by atoms with Crippen molar-refractivity contribution in [2.24, 2.45) is 0 Å². The molecule has 0 spiro atoms. The summed E-state index contributed by atoms with van der Waals surface area (Å²) in [7, 11) is 0. The molecule has 0 radical (unpaired) electrons. The zero-order valence-corrected chi connectivity index (χ0v) is 21.6. The smallest absolute Gasteiger partial charge is 0.178 e. The van der Waals surface area contributed by atoms with E-state index in [1.165, 1.54) is 12.1 Å². The van der Waals surface area contributed by atoms with Crippen molar-refractivity contribution in [1.82, 2.24) is 15.3 Å². The van der Waals surface area contributed by atoms with E-state index in [2.05, 4.69) is 29.1 Å². The van der Waals surface area contributed by atoms with Gasteiger partial charge in [0.25, 0.3) is 0 Å². The van der Waals surface area contributed by atoms with Crippen LogP contribution in [0.4, 0.5) is 24.5 Å². The zero-order valence-electron chi connectivity index (χ0n) is 21.6. The SMILES string of the molecule is CC1CN(c2ccc(Cc3ncc(F)c(-c4cc(F)c5c(c4)N(C(C)C)CCO5)n3)cc2F)CC(C)N1. The lowest BCUT2D eigenvalue weighted by Crippen LogP contribution is -2.54. The first-order valence-corrected chi connectivity index (χ1v) is 12.7. The molecule has 1 N–H and O–H groups in total. The largest absolute Gasteiger partial charge is 0.486 e. The third-order valence-corrected chi connectivity index (χ3v) is 6.88. The fourth-order valence-corrected chi connectivity index (χ4v) is 5.29. The normalized spacial score (nSPS) is 19.7. The van der Waals surface area contributed by atoms with Crippen LogP contribution in [0, 0.1) is 17.5 Å². The van der Waals surface area contributed by atoms with Crippen molar-refractivity contribution in [3.8, 4) is 17.0 Å². The predicted molar refractivity (Wildman–Crippen MR) is 139 cm³/mol. The number of nitrogens with one attached hydrogen (secondary N) is 1. The summed E-state index contributed by atoms with van der Waals surface area (Å²) in [4.78, 5) is 12.6. The number of nitrogens with zero attached hydrogens (tertiary/aromatic N) is 4. The molecule has 3 aromatic rings. The van der Waals surface area contributed by atoms with E-state index in [4.69, 9.17) is 4.74 Å². The summed E-state index contributed by atoms with van der Waals surface area (Å²) in [6.45, 7) is 10.6. The van der Waals surface area contributed by atoms with Gasteiger partial charge in [0.05, 0.1) is 24.1 Å². The molecular weight excluding hydrogens is 479 g/mol. The molecule has 196 valence electrons. The van der Waals surface area contributed by atoms with Crippen molar-refractivity contribution in [2.45, 2.75) is 52.2 Å². The number of ether oxygens (including phenoxy) is 1. The second-order valence-electron chi connectivity index (χ2n) is 10.3. The first-order valence-electron chi connectivity index (χ1n) is 12.7. The Kier molecular flexibility index (Phi) is 6.98. The van der Waals surface area contributed by atoms with Crippen LogP contribution in [0.3, 0.4) is 0 Å². The van der Waals surface area contributed by atoms with E-state index < -0.39 is 11.6 Å². The van der Waals surface area contributed by atoms with E-state index in [1.54, 1.807) is 12.1 Å². The second-order valence-corrected chi connectivity index (χ2v) is 10.3. The summed E-state index contributed by atoms with van der Waals surface area (Å²) in [6, 6.07) is 8.70. The van der Waals surface area contributed by atoms with Crippen LogP contribution in [0.15, 0.2) is 36.5 Å². The minimum absolute atomic E-state index is 0.00173. The lowest BCUT2D eigenvalue weighted by Gasteiger charge is -2.37. The molecule has 2 atom stereocenters. The van der Waals surface area contributed by atoms with Gasteiger partial charge in [-0.2, -0.15) is 0 Å². The number of benzene rings is 2. The van der Waals surface area contributed by atoms with Gasteiger partial charge in [-0.3, -0.25) is 0 Å². The highest BCUT2D eigenvalue weighted by Crippen LogP contribution is 2.39. The van der Waals surface area contributed by atoms with Gasteiger partial charge in [-0.15, -0.1) is 0 Å². The molecule has 2 aromatic carbocycles. The van der Waals surface area contributed by atoms with Gasteiger partial charge < -0.3 is 19.9 Å². The summed E-state index contributed by atoms with van der Waals surface area (Å²) >= 11 is 0. The Morgan fingerprint density at radius 3 is 2.46 bits per heavy atom. The van der Waals surface area contributed by atoms with Crippen molar-refractivity contribution in [2.75, 3.05) is 36.0 Å². The average Bonchev–Trinajstić information content (AvgIpc) is 2.84. The van der Waals surface area contributed by atoms with Gasteiger partial charge in [-0.1, -0.05) is 6.07 Å². The van der Waals surface area contributed by atoms with Crippen LogP contribution in [-0.4, -0.2) is 54.3 Å². The summed E-state index contributed by atoms with van der Waals surface area (Å²) in [5.74, 6) is -1.04. The summed E-state index contributed by atoms with van der Waals surface area (Å²) in [6.07, 6.45) is 1.30. The minimum Gasteiger partial charge on any atom is -0.486 e. The van der Waals surface area contributed by atoms with Crippen LogP contribution in [0.25, 0.3) is 11.3 Å². The molecule has 1 aromatic heterocycles. The number of hydrogen-bond acceptors (Lipinski definition) is 6. The molecule has 5 rings (SSSR count). The highest BCUT2D eigenvalue weighted by Gasteiger charge is 2.26. The van der Waals surface area contributed by atoms with Crippen molar-refractivity contribution in [3.05, 3.63) is 65.4 Å². The van der Waals surface area contributed by atoms with E-state index >= 15 is 4.39 Å². The maximum Gasteiger partial charge on any atom is 0.178 e. The quantitative estimate of drug-likeness (QED) is 0.524. The molecule has 37 heavy (non-hydrogen) atoms. The zero-order chi connectivity index (χ0) is 26.3. The lowest BCUT2D eigenvalue weighted by atomic mass is 10.1. The Morgan fingerprint density at radius 2 is 1.76 bits per heavy atom. The number of anilines is 2. The first kappa shape index (κ1) is 25.3. The number of aromatic nitrogens is 2. The van der Waals surface area contributed by atoms with Crippen LogP contribution in [0.1, 0.15) is 39.1 Å². The first-order chi connectivity index (χ1) is 17.7. The Hall–Kier alpha value is -3.33. The Bertz CT molecular complexity index is 1290. The van der Waals surface area contributed by atoms with E-state index in [1.807, 2.05) is 29.7 Å². The van der Waals surface area contributed by atoms with E-state index in [9.17, 15) is 8.78 Å². The van der Waals surface area contributed by atoms with Gasteiger partial charge in [0.1, 0.15) is 23.9 Å². The Balaban J connectivity index is 1.42. The molecule has 2 aliphatic rings. The fraction of sp³-hybridized carbons (Fsp3) is 0.429. The topological polar surface area (TPSA) is 53.5 Å². The van der Waals surface area contributed by atoms with E-state index in [0.29, 0.717) is 41.5 Å². The van der Waals surface area contributed by atoms with Crippen molar-refractivity contribution in [1.29, 1.82) is 0 Å². The summed E-state index contributed by atoms with van der Waals surface area (Å²) < 4.78 is 50.4. The van der Waals surface area contributed by atoms with Gasteiger partial charge in [-0.05, 0) is 57.5 Å². The molecule has 3 heterocycles. The van der Waals surface area contributed by atoms with Crippen LogP contribution in [0.2, 0.25) is 0 Å². The molecule has 0 aliphatic carbocycles. The number of halogens is 3. The number of fused-ring (bicyclic) bond motifs is 1. The predicted octanol–water partition coefficient (Wildman–Crippen LogP) is 4.95. The van der Waals surface area contributed by atoms with Gasteiger partial charge in [-0.25, -0.2) is 23.1 Å². The molecule has 0 bridgehead atoms. The Morgan fingerprint density at radius 1 is 1.00 bits per heavy atom. The second kappa shape index (κ2) is 10.2. The van der Waals surface area contributed by atoms with Crippen molar-refractivity contribution >= 4 is 11.4 Å². The van der Waals surface area contributed by atoms with Crippen molar-refractivity contribution in [3.63, 3.8) is 0 Å². The fourth-order valence-electron chi connectivity index (χ4n) is 5.29. The maximum atomic E-state index is 15.1. The van der Waals surface area contributed by atoms with Crippen LogP contribution in [-0.2, 0) is 6.42 Å². The van der Waals surface area contributed by atoms with Gasteiger partial charge >= 0.3 is 0 Å². The number of rotatable bonds is 5. The number of piperazine rings is 1. The summed E-state index contributed by atoms with van der Waals surface area (Å²) in [5, 5.41) is 3.45. The van der Waals surface area contributed by atoms with E-state index in [-0.39, 0.29) is 41.8 Å². The molecular formula is C28H32F3N5O. The van der Waals surface area contributed by atoms with Crippen LogP contribution >= 0.6 is 0 Å². The highest BCUT2D eigenvalue weighted by atomic mass is 19.1. The number of hydrogen-bond donors (Lipinski definition) is 1. The standard InChI is InChI=1S/C28H32F3N5O/c1-16(2)36-7-8-37-28-22(30)11-20(12-25(28)36)27-23(31)13-32-26(34-27)10-19-5-6-24(21(29)9-19)35-14-17(3)33-18(4)15-35/h5-6,9,11-13,16-18,33H,7-8,10,14-15H2,1-4H3. The summed E-state index contributed by atoms with van der Waals surface area (Å²) in [5.41, 5.74) is 2.11. The minimum atomic E-state index is -0.653. The van der Waals surface area contributed by atoms with E-state index in [0.717, 1.165) is 19.3 Å². The molecule has 2 aliphatic heterocycles. The third-order valence-electron chi connectivity index (χ3n) is 6.88.